The lowest BCUT2D eigenvalue weighted by atomic mass is 9.98. The van der Waals surface area contributed by atoms with Crippen LogP contribution in [-0.4, -0.2) is 48.5 Å². The molecule has 35 heavy (non-hydrogen) atoms. The summed E-state index contributed by atoms with van der Waals surface area (Å²) in [7, 11) is 0. The molecule has 1 unspecified atom stereocenters. The van der Waals surface area contributed by atoms with Gasteiger partial charge in [0.2, 0.25) is 5.76 Å². The van der Waals surface area contributed by atoms with Gasteiger partial charge in [0.15, 0.2) is 5.43 Å². The van der Waals surface area contributed by atoms with E-state index in [-0.39, 0.29) is 17.1 Å². The molecular weight excluding hydrogens is 464 g/mol. The number of benzene rings is 2. The molecule has 4 rings (SSSR count). The number of fused-ring (bicyclic) bond motifs is 2. The zero-order chi connectivity index (χ0) is 25.1. The number of hydrogen-bond acceptors (Lipinski definition) is 5. The molecule has 0 N–H and O–H groups in total. The van der Waals surface area contributed by atoms with Crippen molar-refractivity contribution in [3.05, 3.63) is 74.1 Å². The zero-order valence-electron chi connectivity index (χ0n) is 20.9. The second-order valence-electron chi connectivity index (χ2n) is 8.97. The van der Waals surface area contributed by atoms with Gasteiger partial charge in [-0.25, -0.2) is 0 Å². The first kappa shape index (κ1) is 25.3. The Morgan fingerprint density at radius 2 is 1.89 bits per heavy atom. The van der Waals surface area contributed by atoms with Crippen LogP contribution in [0, 0.1) is 6.92 Å². The van der Waals surface area contributed by atoms with Crippen LogP contribution in [0.15, 0.2) is 45.6 Å². The van der Waals surface area contributed by atoms with Crippen molar-refractivity contribution in [1.82, 2.24) is 9.80 Å². The zero-order valence-corrected chi connectivity index (χ0v) is 21.7. The second kappa shape index (κ2) is 10.8. The molecule has 2 aromatic carbocycles. The average Bonchev–Trinajstić information content (AvgIpc) is 3.14. The fourth-order valence-corrected chi connectivity index (χ4v) is 4.88. The van der Waals surface area contributed by atoms with Crippen LogP contribution in [0.2, 0.25) is 5.02 Å². The molecule has 0 fully saturated rings. The SMILES string of the molecule is CCCOc1cccc(C2c3c(oc4cc(C)c(Cl)cc4c3=O)C(=O)N2CCCN(CC)CC)c1. The fraction of sp³-hybridized carbons (Fsp3) is 0.429. The number of carbonyl (C=O) groups is 1. The van der Waals surface area contributed by atoms with Crippen LogP contribution in [0.1, 0.15) is 66.9 Å². The van der Waals surface area contributed by atoms with Crippen LogP contribution in [0.4, 0.5) is 0 Å². The van der Waals surface area contributed by atoms with Gasteiger partial charge >= 0.3 is 0 Å². The largest absolute Gasteiger partial charge is 0.494 e. The van der Waals surface area contributed by atoms with Gasteiger partial charge in [0.25, 0.3) is 5.91 Å². The van der Waals surface area contributed by atoms with Crippen LogP contribution in [0.3, 0.4) is 0 Å². The third-order valence-corrected chi connectivity index (χ3v) is 7.07. The van der Waals surface area contributed by atoms with E-state index in [1.165, 1.54) is 0 Å². The summed E-state index contributed by atoms with van der Waals surface area (Å²) in [5.41, 5.74) is 2.16. The van der Waals surface area contributed by atoms with Crippen molar-refractivity contribution in [1.29, 1.82) is 0 Å². The molecule has 1 aromatic heterocycles. The van der Waals surface area contributed by atoms with E-state index in [0.717, 1.165) is 49.4 Å². The number of amides is 1. The minimum Gasteiger partial charge on any atom is -0.494 e. The summed E-state index contributed by atoms with van der Waals surface area (Å²) in [5.74, 6) is 0.588. The number of ether oxygens (including phenoxy) is 1. The molecule has 0 radical (unpaired) electrons. The Kier molecular flexibility index (Phi) is 7.82. The van der Waals surface area contributed by atoms with Crippen LogP contribution in [0.25, 0.3) is 11.0 Å². The van der Waals surface area contributed by atoms with E-state index in [1.807, 2.05) is 31.2 Å². The maximum atomic E-state index is 13.8. The summed E-state index contributed by atoms with van der Waals surface area (Å²) < 4.78 is 11.9. The molecule has 0 saturated heterocycles. The van der Waals surface area contributed by atoms with Gasteiger partial charge in [0.05, 0.1) is 23.6 Å². The van der Waals surface area contributed by atoms with E-state index in [9.17, 15) is 9.59 Å². The van der Waals surface area contributed by atoms with Crippen molar-refractivity contribution in [2.75, 3.05) is 32.8 Å². The maximum absolute atomic E-state index is 13.8. The second-order valence-corrected chi connectivity index (χ2v) is 9.38. The quantitative estimate of drug-likeness (QED) is 0.354. The third-order valence-electron chi connectivity index (χ3n) is 6.66. The van der Waals surface area contributed by atoms with E-state index in [0.29, 0.717) is 34.7 Å². The van der Waals surface area contributed by atoms with Gasteiger partial charge in [0, 0.05) is 11.6 Å². The maximum Gasteiger partial charge on any atom is 0.290 e. The Hall–Kier alpha value is -2.83. The highest BCUT2D eigenvalue weighted by Crippen LogP contribution is 2.39. The number of hydrogen-bond donors (Lipinski definition) is 0. The summed E-state index contributed by atoms with van der Waals surface area (Å²) in [4.78, 5) is 31.5. The standard InChI is InChI=1S/C28H33ClN2O4/c1-5-14-34-20-11-8-10-19(16-20)25-24-26(32)21-17-22(29)18(4)15-23(21)35-27(24)28(33)31(25)13-9-12-30(6-2)7-3/h8,10-11,15-17,25H,5-7,9,12-14H2,1-4H3. The summed E-state index contributed by atoms with van der Waals surface area (Å²) in [6, 6.07) is 10.5. The first-order valence-corrected chi connectivity index (χ1v) is 12.8. The lowest BCUT2D eigenvalue weighted by molar-refractivity contribution is 0.0720. The molecule has 1 aliphatic rings. The molecule has 1 aliphatic heterocycles. The smallest absolute Gasteiger partial charge is 0.290 e. The normalized spacial score (nSPS) is 15.3. The van der Waals surface area contributed by atoms with Crippen molar-refractivity contribution in [3.63, 3.8) is 0 Å². The summed E-state index contributed by atoms with van der Waals surface area (Å²) in [5, 5.41) is 0.886. The summed E-state index contributed by atoms with van der Waals surface area (Å²) in [6.07, 6.45) is 1.69. The molecule has 3 aromatic rings. The topological polar surface area (TPSA) is 63.0 Å². The fourth-order valence-electron chi connectivity index (χ4n) is 4.72. The van der Waals surface area contributed by atoms with Crippen molar-refractivity contribution in [3.8, 4) is 5.75 Å². The molecule has 0 bridgehead atoms. The van der Waals surface area contributed by atoms with Crippen LogP contribution < -0.4 is 10.2 Å². The number of nitrogens with zero attached hydrogens (tertiary/aromatic N) is 2. The van der Waals surface area contributed by atoms with Crippen LogP contribution >= 0.6 is 11.6 Å². The molecule has 1 amide bonds. The van der Waals surface area contributed by atoms with E-state index >= 15 is 0 Å². The average molecular weight is 497 g/mol. The predicted octanol–water partition coefficient (Wildman–Crippen LogP) is 5.82. The molecule has 186 valence electrons. The minimum atomic E-state index is -0.542. The highest BCUT2D eigenvalue weighted by Gasteiger charge is 2.42. The molecule has 1 atom stereocenters. The monoisotopic (exact) mass is 496 g/mol. The summed E-state index contributed by atoms with van der Waals surface area (Å²) >= 11 is 6.34. The lowest BCUT2D eigenvalue weighted by Crippen LogP contribution is -2.33. The van der Waals surface area contributed by atoms with Gasteiger partial charge in [-0.3, -0.25) is 9.59 Å². The minimum absolute atomic E-state index is 0.122. The molecule has 6 nitrogen and oxygen atoms in total. The van der Waals surface area contributed by atoms with Crippen molar-refractivity contribution in [2.24, 2.45) is 0 Å². The Balaban J connectivity index is 1.81. The first-order chi connectivity index (χ1) is 16.9. The van der Waals surface area contributed by atoms with E-state index < -0.39 is 6.04 Å². The van der Waals surface area contributed by atoms with Gasteiger partial charge < -0.3 is 19.0 Å². The van der Waals surface area contributed by atoms with Crippen LogP contribution in [-0.2, 0) is 0 Å². The van der Waals surface area contributed by atoms with Crippen molar-refractivity contribution in [2.45, 2.75) is 46.6 Å². The molecule has 7 heteroatoms. The van der Waals surface area contributed by atoms with E-state index in [4.69, 9.17) is 20.8 Å². The molecule has 0 saturated carbocycles. The molecule has 0 spiro atoms. The van der Waals surface area contributed by atoms with E-state index in [1.54, 1.807) is 17.0 Å². The Bertz CT molecular complexity index is 1280. The molecule has 0 aliphatic carbocycles. The highest BCUT2D eigenvalue weighted by molar-refractivity contribution is 6.32. The van der Waals surface area contributed by atoms with Crippen molar-refractivity contribution >= 4 is 28.5 Å². The Morgan fingerprint density at radius 1 is 1.11 bits per heavy atom. The molecular formula is C28H33ClN2O4. The number of aryl methyl sites for hydroxylation is 1. The van der Waals surface area contributed by atoms with Gasteiger partial charge in [-0.05, 0) is 74.8 Å². The van der Waals surface area contributed by atoms with Crippen molar-refractivity contribution < 1.29 is 13.9 Å². The Labute approximate surface area is 211 Å². The van der Waals surface area contributed by atoms with E-state index in [2.05, 4.69) is 25.7 Å². The number of carbonyl (C=O) groups excluding carboxylic acids is 1. The number of halogens is 1. The van der Waals surface area contributed by atoms with Gasteiger partial charge in [-0.2, -0.15) is 0 Å². The van der Waals surface area contributed by atoms with Gasteiger partial charge in [-0.15, -0.1) is 0 Å². The molecule has 2 heterocycles. The summed E-state index contributed by atoms with van der Waals surface area (Å²) in [6.45, 7) is 12.1. The predicted molar refractivity (Wildman–Crippen MR) is 140 cm³/mol. The third kappa shape index (κ3) is 4.95. The first-order valence-electron chi connectivity index (χ1n) is 12.4. The lowest BCUT2D eigenvalue weighted by Gasteiger charge is -2.27. The Morgan fingerprint density at radius 3 is 2.60 bits per heavy atom. The number of rotatable bonds is 10. The van der Waals surface area contributed by atoms with Crippen LogP contribution in [0.5, 0.6) is 5.75 Å². The highest BCUT2D eigenvalue weighted by atomic mass is 35.5. The van der Waals surface area contributed by atoms with Gasteiger partial charge in [-0.1, -0.05) is 44.5 Å². The van der Waals surface area contributed by atoms with Gasteiger partial charge in [0.1, 0.15) is 11.3 Å².